The van der Waals surface area contributed by atoms with Crippen molar-refractivity contribution >= 4 is 17.5 Å². The minimum atomic E-state index is -0.638. The van der Waals surface area contributed by atoms with Crippen LogP contribution in [0.15, 0.2) is 48.5 Å². The van der Waals surface area contributed by atoms with Crippen molar-refractivity contribution < 1.29 is 14.0 Å². The second-order valence-corrected chi connectivity index (χ2v) is 5.52. The monoisotopic (exact) mass is 328 g/mol. The molecule has 1 N–H and O–H groups in total. The summed E-state index contributed by atoms with van der Waals surface area (Å²) in [5, 5.41) is 2.62. The fourth-order valence-electron chi connectivity index (χ4n) is 2.41. The van der Waals surface area contributed by atoms with Gasteiger partial charge in [0.05, 0.1) is 0 Å². The van der Waals surface area contributed by atoms with Gasteiger partial charge in [-0.15, -0.1) is 0 Å². The third-order valence-corrected chi connectivity index (χ3v) is 3.68. The fourth-order valence-corrected chi connectivity index (χ4v) is 2.41. The zero-order valence-electron chi connectivity index (χ0n) is 13.9. The second kappa shape index (κ2) is 8.24. The molecule has 0 bridgehead atoms. The van der Waals surface area contributed by atoms with Gasteiger partial charge >= 0.3 is 11.8 Å². The Balaban J connectivity index is 1.92. The lowest BCUT2D eigenvalue weighted by molar-refractivity contribution is -0.137. The minimum absolute atomic E-state index is 0.297. The molecule has 2 aromatic rings. The predicted molar refractivity (Wildman–Crippen MR) is 92.3 cm³/mol. The summed E-state index contributed by atoms with van der Waals surface area (Å²) in [5.74, 6) is -1.52. The summed E-state index contributed by atoms with van der Waals surface area (Å²) in [4.78, 5) is 25.9. The fraction of sp³-hybridized carbons (Fsp3) is 0.263. The third-order valence-electron chi connectivity index (χ3n) is 3.68. The number of nitrogens with zero attached hydrogens (tertiary/aromatic N) is 1. The number of halogens is 1. The molecule has 2 rings (SSSR count). The summed E-state index contributed by atoms with van der Waals surface area (Å²) in [6.07, 6.45) is 0.538. The number of carbonyl (C=O) groups is 2. The molecule has 0 aliphatic carbocycles. The van der Waals surface area contributed by atoms with E-state index in [1.54, 1.807) is 18.2 Å². The van der Waals surface area contributed by atoms with Crippen molar-refractivity contribution in [1.29, 1.82) is 0 Å². The van der Waals surface area contributed by atoms with Crippen molar-refractivity contribution in [2.45, 2.75) is 20.3 Å². The first-order chi connectivity index (χ1) is 11.5. The van der Waals surface area contributed by atoms with E-state index in [0.29, 0.717) is 25.2 Å². The van der Waals surface area contributed by atoms with Crippen LogP contribution in [0, 0.1) is 12.7 Å². The lowest BCUT2D eigenvalue weighted by Crippen LogP contribution is -2.43. The van der Waals surface area contributed by atoms with Gasteiger partial charge in [-0.1, -0.05) is 24.3 Å². The van der Waals surface area contributed by atoms with Crippen molar-refractivity contribution in [1.82, 2.24) is 5.32 Å². The first-order valence-electron chi connectivity index (χ1n) is 7.92. The first-order valence-corrected chi connectivity index (χ1v) is 7.92. The highest BCUT2D eigenvalue weighted by Crippen LogP contribution is 2.15. The Hall–Kier alpha value is -2.69. The van der Waals surface area contributed by atoms with E-state index in [0.717, 1.165) is 11.1 Å². The molecule has 0 saturated carbocycles. The van der Waals surface area contributed by atoms with Crippen LogP contribution in [0.2, 0.25) is 0 Å². The molecule has 0 atom stereocenters. The van der Waals surface area contributed by atoms with Crippen LogP contribution in [-0.4, -0.2) is 24.9 Å². The summed E-state index contributed by atoms with van der Waals surface area (Å²) in [6.45, 7) is 4.49. The van der Waals surface area contributed by atoms with Gasteiger partial charge in [-0.05, 0) is 55.7 Å². The normalized spacial score (nSPS) is 10.3. The number of benzene rings is 2. The number of amides is 2. The molecule has 0 aliphatic heterocycles. The number of aryl methyl sites for hydroxylation is 1. The van der Waals surface area contributed by atoms with Gasteiger partial charge in [-0.2, -0.15) is 0 Å². The SMILES string of the molecule is CCN(C(=O)C(=O)NCCc1ccc(F)cc1)c1cccc(C)c1. The molecule has 126 valence electrons. The molecule has 0 aliphatic rings. The third kappa shape index (κ3) is 4.65. The summed E-state index contributed by atoms with van der Waals surface area (Å²) in [7, 11) is 0. The summed E-state index contributed by atoms with van der Waals surface area (Å²) in [6, 6.07) is 13.5. The molecule has 0 spiro atoms. The molecule has 24 heavy (non-hydrogen) atoms. The Labute approximate surface area is 141 Å². The van der Waals surface area contributed by atoms with Crippen LogP contribution in [0.5, 0.6) is 0 Å². The van der Waals surface area contributed by atoms with Crippen LogP contribution in [0.4, 0.5) is 10.1 Å². The van der Waals surface area contributed by atoms with Crippen molar-refractivity contribution in [2.75, 3.05) is 18.0 Å². The van der Waals surface area contributed by atoms with Crippen molar-refractivity contribution in [3.05, 3.63) is 65.5 Å². The maximum atomic E-state index is 12.8. The van der Waals surface area contributed by atoms with Gasteiger partial charge in [-0.25, -0.2) is 4.39 Å². The topological polar surface area (TPSA) is 49.4 Å². The lowest BCUT2D eigenvalue weighted by atomic mass is 10.1. The van der Waals surface area contributed by atoms with Gasteiger partial charge in [0.1, 0.15) is 5.82 Å². The smallest absolute Gasteiger partial charge is 0.316 e. The Morgan fingerprint density at radius 1 is 1.12 bits per heavy atom. The van der Waals surface area contributed by atoms with Gasteiger partial charge in [0.2, 0.25) is 0 Å². The van der Waals surface area contributed by atoms with Crippen LogP contribution in [0.3, 0.4) is 0 Å². The average Bonchev–Trinajstić information content (AvgIpc) is 2.57. The molecule has 5 heteroatoms. The standard InChI is InChI=1S/C19H21FN2O2/c1-3-22(17-6-4-5-14(2)13-17)19(24)18(23)21-12-11-15-7-9-16(20)10-8-15/h4-10,13H,3,11-12H2,1-2H3,(H,21,23). The van der Waals surface area contributed by atoms with E-state index in [4.69, 9.17) is 0 Å². The number of carbonyl (C=O) groups excluding carboxylic acids is 2. The van der Waals surface area contributed by atoms with Gasteiger partial charge in [0.15, 0.2) is 0 Å². The molecule has 0 fully saturated rings. The van der Waals surface area contributed by atoms with Gasteiger partial charge < -0.3 is 10.2 Å². The highest BCUT2D eigenvalue weighted by Gasteiger charge is 2.21. The maximum Gasteiger partial charge on any atom is 0.316 e. The summed E-state index contributed by atoms with van der Waals surface area (Å²) in [5.41, 5.74) is 2.63. The molecule has 0 radical (unpaired) electrons. The van der Waals surface area contributed by atoms with Crippen LogP contribution in [-0.2, 0) is 16.0 Å². The van der Waals surface area contributed by atoms with E-state index in [2.05, 4.69) is 5.32 Å². The van der Waals surface area contributed by atoms with E-state index >= 15 is 0 Å². The number of nitrogens with one attached hydrogen (secondary N) is 1. The number of hydrogen-bond acceptors (Lipinski definition) is 2. The van der Waals surface area contributed by atoms with E-state index in [-0.39, 0.29) is 5.82 Å². The van der Waals surface area contributed by atoms with E-state index in [1.807, 2.05) is 32.0 Å². The van der Waals surface area contributed by atoms with E-state index in [1.165, 1.54) is 17.0 Å². The van der Waals surface area contributed by atoms with Crippen LogP contribution >= 0.6 is 0 Å². The largest absolute Gasteiger partial charge is 0.347 e. The van der Waals surface area contributed by atoms with Crippen LogP contribution < -0.4 is 10.2 Å². The average molecular weight is 328 g/mol. The molecule has 2 amide bonds. The zero-order valence-corrected chi connectivity index (χ0v) is 13.9. The Morgan fingerprint density at radius 2 is 1.83 bits per heavy atom. The van der Waals surface area contributed by atoms with E-state index in [9.17, 15) is 14.0 Å². The molecule has 0 aromatic heterocycles. The molecule has 4 nitrogen and oxygen atoms in total. The van der Waals surface area contributed by atoms with Crippen LogP contribution in [0.1, 0.15) is 18.1 Å². The molecule has 0 heterocycles. The van der Waals surface area contributed by atoms with Crippen molar-refractivity contribution in [3.8, 4) is 0 Å². The summed E-state index contributed by atoms with van der Waals surface area (Å²) >= 11 is 0. The van der Waals surface area contributed by atoms with E-state index < -0.39 is 11.8 Å². The van der Waals surface area contributed by atoms with Crippen molar-refractivity contribution in [2.24, 2.45) is 0 Å². The molecular formula is C19H21FN2O2. The highest BCUT2D eigenvalue weighted by molar-refractivity contribution is 6.40. The van der Waals surface area contributed by atoms with Gasteiger partial charge in [0, 0.05) is 18.8 Å². The second-order valence-electron chi connectivity index (χ2n) is 5.52. The minimum Gasteiger partial charge on any atom is -0.347 e. The molecular weight excluding hydrogens is 307 g/mol. The predicted octanol–water partition coefficient (Wildman–Crippen LogP) is 2.85. The zero-order chi connectivity index (χ0) is 17.5. The van der Waals surface area contributed by atoms with Crippen molar-refractivity contribution in [3.63, 3.8) is 0 Å². The Kier molecular flexibility index (Phi) is 6.07. The summed E-state index contributed by atoms with van der Waals surface area (Å²) < 4.78 is 12.8. The van der Waals surface area contributed by atoms with Gasteiger partial charge in [0.25, 0.3) is 0 Å². The van der Waals surface area contributed by atoms with Crippen LogP contribution in [0.25, 0.3) is 0 Å². The quantitative estimate of drug-likeness (QED) is 0.858. The molecule has 0 saturated heterocycles. The van der Waals surface area contributed by atoms with Gasteiger partial charge in [-0.3, -0.25) is 9.59 Å². The Morgan fingerprint density at radius 3 is 2.46 bits per heavy atom. The first kappa shape index (κ1) is 17.7. The maximum absolute atomic E-state index is 12.8. The number of rotatable bonds is 5. The highest BCUT2D eigenvalue weighted by atomic mass is 19.1. The lowest BCUT2D eigenvalue weighted by Gasteiger charge is -2.20. The number of hydrogen-bond donors (Lipinski definition) is 1. The number of likely N-dealkylation sites (N-methyl/N-ethyl adjacent to an activating group) is 1. The Bertz CT molecular complexity index is 714. The molecule has 0 unspecified atom stereocenters. The molecule has 2 aromatic carbocycles. The number of anilines is 1.